The fourth-order valence-electron chi connectivity index (χ4n) is 1.79. The number of rotatable bonds is 2. The SMILES string of the molecule is CC1=CC=C(C(=O)c2ccc(C)cc2)CC=C1. The first-order valence-corrected chi connectivity index (χ1v) is 5.82. The van der Waals surface area contributed by atoms with Gasteiger partial charge in [0.1, 0.15) is 0 Å². The second-order valence-corrected chi connectivity index (χ2v) is 4.40. The van der Waals surface area contributed by atoms with Crippen LogP contribution in [0.25, 0.3) is 0 Å². The molecular weight excluding hydrogens is 208 g/mol. The van der Waals surface area contributed by atoms with Gasteiger partial charge in [0, 0.05) is 11.1 Å². The van der Waals surface area contributed by atoms with Gasteiger partial charge in [0.25, 0.3) is 0 Å². The minimum Gasteiger partial charge on any atom is -0.289 e. The van der Waals surface area contributed by atoms with Gasteiger partial charge in [-0.05, 0) is 20.3 Å². The van der Waals surface area contributed by atoms with Gasteiger partial charge < -0.3 is 0 Å². The van der Waals surface area contributed by atoms with Crippen molar-refractivity contribution in [3.63, 3.8) is 0 Å². The number of hydrogen-bond acceptors (Lipinski definition) is 1. The van der Waals surface area contributed by atoms with Crippen molar-refractivity contribution in [2.45, 2.75) is 20.3 Å². The Morgan fingerprint density at radius 3 is 2.47 bits per heavy atom. The molecule has 0 aliphatic heterocycles. The zero-order valence-corrected chi connectivity index (χ0v) is 10.2. The highest BCUT2D eigenvalue weighted by Gasteiger charge is 2.11. The van der Waals surface area contributed by atoms with E-state index in [0.717, 1.165) is 11.1 Å². The summed E-state index contributed by atoms with van der Waals surface area (Å²) in [5.41, 5.74) is 3.97. The second kappa shape index (κ2) is 4.96. The van der Waals surface area contributed by atoms with E-state index in [-0.39, 0.29) is 5.78 Å². The molecule has 1 aromatic carbocycles. The van der Waals surface area contributed by atoms with Gasteiger partial charge in [0.15, 0.2) is 5.78 Å². The monoisotopic (exact) mass is 224 g/mol. The fourth-order valence-corrected chi connectivity index (χ4v) is 1.79. The average molecular weight is 224 g/mol. The largest absolute Gasteiger partial charge is 0.289 e. The Bertz CT molecular complexity index is 513. The van der Waals surface area contributed by atoms with Crippen molar-refractivity contribution >= 4 is 5.78 Å². The minimum atomic E-state index is 0.126. The maximum Gasteiger partial charge on any atom is 0.189 e. The van der Waals surface area contributed by atoms with E-state index in [2.05, 4.69) is 0 Å². The van der Waals surface area contributed by atoms with Gasteiger partial charge in [-0.3, -0.25) is 4.79 Å². The topological polar surface area (TPSA) is 17.1 Å². The molecule has 0 radical (unpaired) electrons. The Morgan fingerprint density at radius 1 is 1.06 bits per heavy atom. The number of aryl methyl sites for hydroxylation is 1. The molecule has 1 aliphatic carbocycles. The summed E-state index contributed by atoms with van der Waals surface area (Å²) >= 11 is 0. The Balaban J connectivity index is 2.26. The van der Waals surface area contributed by atoms with E-state index in [9.17, 15) is 4.79 Å². The van der Waals surface area contributed by atoms with E-state index in [0.29, 0.717) is 6.42 Å². The summed E-state index contributed by atoms with van der Waals surface area (Å²) in [4.78, 5) is 12.2. The van der Waals surface area contributed by atoms with Crippen LogP contribution >= 0.6 is 0 Å². The van der Waals surface area contributed by atoms with E-state index in [1.165, 1.54) is 11.1 Å². The molecule has 0 saturated carbocycles. The zero-order chi connectivity index (χ0) is 12.3. The predicted molar refractivity (Wildman–Crippen MR) is 71.1 cm³/mol. The Hall–Kier alpha value is -1.89. The molecule has 2 rings (SSSR count). The molecule has 0 unspecified atom stereocenters. The molecule has 17 heavy (non-hydrogen) atoms. The van der Waals surface area contributed by atoms with Crippen molar-refractivity contribution in [3.8, 4) is 0 Å². The molecule has 1 heteroatoms. The van der Waals surface area contributed by atoms with Crippen molar-refractivity contribution in [3.05, 3.63) is 70.8 Å². The van der Waals surface area contributed by atoms with Crippen molar-refractivity contribution < 1.29 is 4.79 Å². The molecule has 0 N–H and O–H groups in total. The van der Waals surface area contributed by atoms with Crippen molar-refractivity contribution in [1.82, 2.24) is 0 Å². The van der Waals surface area contributed by atoms with E-state index >= 15 is 0 Å². The van der Waals surface area contributed by atoms with Gasteiger partial charge >= 0.3 is 0 Å². The average Bonchev–Trinajstić information content (AvgIpc) is 2.54. The van der Waals surface area contributed by atoms with Crippen LogP contribution in [0, 0.1) is 6.92 Å². The van der Waals surface area contributed by atoms with Gasteiger partial charge in [0.2, 0.25) is 0 Å². The Kier molecular flexibility index (Phi) is 3.38. The van der Waals surface area contributed by atoms with E-state index < -0.39 is 0 Å². The van der Waals surface area contributed by atoms with E-state index in [1.807, 2.05) is 62.4 Å². The lowest BCUT2D eigenvalue weighted by molar-refractivity contribution is 0.103. The van der Waals surface area contributed by atoms with Crippen LogP contribution in [-0.4, -0.2) is 5.78 Å². The van der Waals surface area contributed by atoms with Crippen molar-refractivity contribution in [2.24, 2.45) is 0 Å². The normalized spacial score (nSPS) is 14.9. The number of carbonyl (C=O) groups is 1. The molecule has 0 fully saturated rings. The minimum absolute atomic E-state index is 0.126. The molecule has 0 bridgehead atoms. The molecule has 86 valence electrons. The van der Waals surface area contributed by atoms with Crippen LogP contribution in [0.5, 0.6) is 0 Å². The molecule has 1 aromatic rings. The third kappa shape index (κ3) is 2.82. The quantitative estimate of drug-likeness (QED) is 0.694. The zero-order valence-electron chi connectivity index (χ0n) is 10.2. The number of hydrogen-bond donors (Lipinski definition) is 0. The molecule has 0 spiro atoms. The summed E-state index contributed by atoms with van der Waals surface area (Å²) in [5.74, 6) is 0.126. The number of Topliss-reactive ketones (excluding diaryl/α,β-unsaturated/α-hetero) is 1. The van der Waals surface area contributed by atoms with E-state index in [1.54, 1.807) is 0 Å². The van der Waals surface area contributed by atoms with Gasteiger partial charge in [0.05, 0.1) is 0 Å². The predicted octanol–water partition coefficient (Wildman–Crippen LogP) is 4.01. The van der Waals surface area contributed by atoms with Crippen molar-refractivity contribution in [2.75, 3.05) is 0 Å². The molecule has 0 heterocycles. The standard InChI is InChI=1S/C16H16O/c1-12-4-3-5-14(9-6-12)16(17)15-10-7-13(2)8-11-15/h3-4,6-11H,5H2,1-2H3. The van der Waals surface area contributed by atoms with Crippen molar-refractivity contribution in [1.29, 1.82) is 0 Å². The molecule has 1 nitrogen and oxygen atoms in total. The van der Waals surface area contributed by atoms with Crippen LogP contribution in [-0.2, 0) is 0 Å². The smallest absolute Gasteiger partial charge is 0.189 e. The molecule has 0 amide bonds. The summed E-state index contributed by atoms with van der Waals surface area (Å²) in [5, 5.41) is 0. The first kappa shape index (κ1) is 11.6. The molecule has 1 aliphatic rings. The van der Waals surface area contributed by atoms with Gasteiger partial charge in [-0.1, -0.05) is 59.7 Å². The highest BCUT2D eigenvalue weighted by molar-refractivity contribution is 6.09. The number of allylic oxidation sites excluding steroid dienone is 6. The maximum atomic E-state index is 12.2. The third-order valence-corrected chi connectivity index (χ3v) is 2.87. The second-order valence-electron chi connectivity index (χ2n) is 4.40. The summed E-state index contributed by atoms with van der Waals surface area (Å²) < 4.78 is 0. The van der Waals surface area contributed by atoms with Gasteiger partial charge in [-0.15, -0.1) is 0 Å². The van der Waals surface area contributed by atoms with Gasteiger partial charge in [-0.2, -0.15) is 0 Å². The Morgan fingerprint density at radius 2 is 1.76 bits per heavy atom. The summed E-state index contributed by atoms with van der Waals surface area (Å²) in [7, 11) is 0. The highest BCUT2D eigenvalue weighted by Crippen LogP contribution is 2.16. The number of benzene rings is 1. The number of carbonyl (C=O) groups excluding carboxylic acids is 1. The lowest BCUT2D eigenvalue weighted by Crippen LogP contribution is -2.02. The van der Waals surface area contributed by atoms with Crippen LogP contribution < -0.4 is 0 Å². The lowest BCUT2D eigenvalue weighted by atomic mass is 10.00. The molecule has 0 atom stereocenters. The Labute approximate surface area is 102 Å². The highest BCUT2D eigenvalue weighted by atomic mass is 16.1. The number of ketones is 1. The third-order valence-electron chi connectivity index (χ3n) is 2.87. The van der Waals surface area contributed by atoms with Crippen LogP contribution in [0.3, 0.4) is 0 Å². The molecule has 0 saturated heterocycles. The molecule has 0 aromatic heterocycles. The maximum absolute atomic E-state index is 12.2. The molecular formula is C16H16O. The first-order valence-electron chi connectivity index (χ1n) is 5.82. The van der Waals surface area contributed by atoms with Crippen LogP contribution in [0.15, 0.2) is 59.7 Å². The van der Waals surface area contributed by atoms with E-state index in [4.69, 9.17) is 0 Å². The summed E-state index contributed by atoms with van der Waals surface area (Å²) in [6.45, 7) is 4.06. The van der Waals surface area contributed by atoms with Crippen LogP contribution in [0.1, 0.15) is 29.3 Å². The summed E-state index contributed by atoms with van der Waals surface area (Å²) in [6, 6.07) is 7.73. The van der Waals surface area contributed by atoms with Gasteiger partial charge in [-0.25, -0.2) is 0 Å². The first-order chi connectivity index (χ1) is 8.16. The van der Waals surface area contributed by atoms with Crippen LogP contribution in [0.2, 0.25) is 0 Å². The fraction of sp³-hybridized carbons (Fsp3) is 0.188. The summed E-state index contributed by atoms with van der Waals surface area (Å²) in [6.07, 6.45) is 8.71. The van der Waals surface area contributed by atoms with Crippen LogP contribution in [0.4, 0.5) is 0 Å². The lowest BCUT2D eigenvalue weighted by Gasteiger charge is -2.03.